The molecule has 0 aromatic heterocycles. The van der Waals surface area contributed by atoms with Crippen LogP contribution in [0.25, 0.3) is 0 Å². The highest BCUT2D eigenvalue weighted by Crippen LogP contribution is 2.33. The van der Waals surface area contributed by atoms with Gasteiger partial charge in [-0.25, -0.2) is 0 Å². The number of methoxy groups -OCH3 is 2. The minimum absolute atomic E-state index is 0.103. The van der Waals surface area contributed by atoms with Gasteiger partial charge in [0.1, 0.15) is 0 Å². The first-order valence-corrected chi connectivity index (χ1v) is 8.85. The Morgan fingerprint density at radius 2 is 1.81 bits per heavy atom. The van der Waals surface area contributed by atoms with Gasteiger partial charge in [-0.3, -0.25) is 4.79 Å². The molecule has 5 heteroatoms. The molecule has 3 rings (SSSR count). The van der Waals surface area contributed by atoms with Gasteiger partial charge in [0.05, 0.1) is 20.8 Å². The summed E-state index contributed by atoms with van der Waals surface area (Å²) in [6.07, 6.45) is 0.824. The first-order valence-electron chi connectivity index (χ1n) is 8.85. The molecule has 0 saturated carbocycles. The van der Waals surface area contributed by atoms with Crippen molar-refractivity contribution >= 4 is 11.6 Å². The molecule has 138 valence electrons. The maximum absolute atomic E-state index is 12.7. The van der Waals surface area contributed by atoms with Gasteiger partial charge in [0.2, 0.25) is 5.91 Å². The number of fused-ring (bicyclic) bond motifs is 1. The monoisotopic (exact) mass is 354 g/mol. The lowest BCUT2D eigenvalue weighted by molar-refractivity contribution is -0.130. The zero-order chi connectivity index (χ0) is 18.7. The molecule has 1 aliphatic heterocycles. The predicted molar refractivity (Wildman–Crippen MR) is 103 cm³/mol. The van der Waals surface area contributed by atoms with Crippen molar-refractivity contribution in [2.24, 2.45) is 0 Å². The van der Waals surface area contributed by atoms with Gasteiger partial charge in [-0.1, -0.05) is 12.1 Å². The molecule has 0 bridgehead atoms. The average molecular weight is 354 g/mol. The van der Waals surface area contributed by atoms with Crippen molar-refractivity contribution in [3.05, 3.63) is 52.6 Å². The predicted octanol–water partition coefficient (Wildman–Crippen LogP) is 3.32. The first kappa shape index (κ1) is 18.1. The Morgan fingerprint density at radius 3 is 2.50 bits per heavy atom. The lowest BCUT2D eigenvalue weighted by Crippen LogP contribution is -2.39. The highest BCUT2D eigenvalue weighted by atomic mass is 16.5. The second-order valence-corrected chi connectivity index (χ2v) is 6.64. The van der Waals surface area contributed by atoms with Crippen LogP contribution in [0.2, 0.25) is 0 Å². The molecule has 0 fully saturated rings. The smallest absolute Gasteiger partial charge is 0.242 e. The Bertz CT molecular complexity index is 817. The number of amides is 1. The summed E-state index contributed by atoms with van der Waals surface area (Å²) in [6, 6.07) is 10.1. The van der Waals surface area contributed by atoms with Crippen LogP contribution in [-0.2, 0) is 17.8 Å². The number of anilines is 1. The van der Waals surface area contributed by atoms with E-state index in [1.807, 2.05) is 29.2 Å². The van der Waals surface area contributed by atoms with E-state index in [1.165, 1.54) is 16.7 Å². The van der Waals surface area contributed by atoms with Crippen LogP contribution in [0.3, 0.4) is 0 Å². The Labute approximate surface area is 154 Å². The quantitative estimate of drug-likeness (QED) is 0.895. The van der Waals surface area contributed by atoms with Gasteiger partial charge in [-0.05, 0) is 60.7 Å². The summed E-state index contributed by atoms with van der Waals surface area (Å²) in [4.78, 5) is 14.6. The van der Waals surface area contributed by atoms with E-state index in [9.17, 15) is 4.79 Å². The van der Waals surface area contributed by atoms with Crippen LogP contribution >= 0.6 is 0 Å². The van der Waals surface area contributed by atoms with Crippen molar-refractivity contribution in [3.63, 3.8) is 0 Å². The van der Waals surface area contributed by atoms with Gasteiger partial charge < -0.3 is 19.7 Å². The van der Waals surface area contributed by atoms with E-state index in [4.69, 9.17) is 9.47 Å². The normalized spacial score (nSPS) is 13.2. The largest absolute Gasteiger partial charge is 0.493 e. The van der Waals surface area contributed by atoms with E-state index < -0.39 is 0 Å². The number of rotatable bonds is 5. The molecule has 1 heterocycles. The van der Waals surface area contributed by atoms with Crippen LogP contribution in [-0.4, -0.2) is 38.1 Å². The van der Waals surface area contributed by atoms with Gasteiger partial charge in [0.15, 0.2) is 11.5 Å². The summed E-state index contributed by atoms with van der Waals surface area (Å²) in [5.74, 6) is 1.54. The molecule has 2 aromatic carbocycles. The summed E-state index contributed by atoms with van der Waals surface area (Å²) in [5.41, 5.74) is 5.75. The highest BCUT2D eigenvalue weighted by Gasteiger charge is 2.22. The van der Waals surface area contributed by atoms with Crippen LogP contribution in [0.1, 0.15) is 22.3 Å². The number of hydrogen-bond acceptors (Lipinski definition) is 4. The summed E-state index contributed by atoms with van der Waals surface area (Å²) < 4.78 is 10.8. The van der Waals surface area contributed by atoms with Gasteiger partial charge >= 0.3 is 0 Å². The maximum atomic E-state index is 12.7. The number of benzene rings is 2. The minimum atomic E-state index is 0.103. The highest BCUT2D eigenvalue weighted by molar-refractivity contribution is 5.81. The molecule has 1 aliphatic rings. The number of hydrogen-bond donors (Lipinski definition) is 1. The van der Waals surface area contributed by atoms with Crippen LogP contribution in [0, 0.1) is 13.8 Å². The second-order valence-electron chi connectivity index (χ2n) is 6.64. The van der Waals surface area contributed by atoms with Crippen molar-refractivity contribution in [2.75, 3.05) is 32.6 Å². The van der Waals surface area contributed by atoms with Crippen molar-refractivity contribution in [1.82, 2.24) is 4.90 Å². The van der Waals surface area contributed by atoms with Crippen molar-refractivity contribution in [1.29, 1.82) is 0 Å². The fourth-order valence-corrected chi connectivity index (χ4v) is 3.32. The van der Waals surface area contributed by atoms with E-state index in [1.54, 1.807) is 14.2 Å². The van der Waals surface area contributed by atoms with Crippen LogP contribution in [0.5, 0.6) is 11.5 Å². The zero-order valence-electron chi connectivity index (χ0n) is 15.9. The molecule has 1 amide bonds. The summed E-state index contributed by atoms with van der Waals surface area (Å²) in [5, 5.41) is 3.28. The topological polar surface area (TPSA) is 50.8 Å². The Kier molecular flexibility index (Phi) is 5.35. The van der Waals surface area contributed by atoms with E-state index in [0.29, 0.717) is 18.8 Å². The standard InChI is InChI=1S/C21H26N2O3/c1-14-6-5-7-18(15(14)2)22-12-21(24)23-9-8-16-10-19(25-3)20(26-4)11-17(16)13-23/h5-7,10-11,22H,8-9,12-13H2,1-4H3. The third-order valence-electron chi connectivity index (χ3n) is 5.11. The Balaban J connectivity index is 1.68. The minimum Gasteiger partial charge on any atom is -0.493 e. The average Bonchev–Trinajstić information content (AvgIpc) is 2.67. The number of carbonyl (C=O) groups is 1. The number of aryl methyl sites for hydroxylation is 1. The van der Waals surface area contributed by atoms with Gasteiger partial charge in [-0.15, -0.1) is 0 Å². The number of ether oxygens (including phenoxy) is 2. The summed E-state index contributed by atoms with van der Waals surface area (Å²) >= 11 is 0. The molecule has 0 atom stereocenters. The van der Waals surface area contributed by atoms with Crippen LogP contribution in [0.4, 0.5) is 5.69 Å². The Morgan fingerprint density at radius 1 is 1.12 bits per heavy atom. The molecule has 0 saturated heterocycles. The molecule has 0 spiro atoms. The lowest BCUT2D eigenvalue weighted by atomic mass is 9.98. The third kappa shape index (κ3) is 3.62. The van der Waals surface area contributed by atoms with E-state index in [2.05, 4.69) is 25.2 Å². The molecule has 0 unspecified atom stereocenters. The molecular formula is C21H26N2O3. The van der Waals surface area contributed by atoms with E-state index >= 15 is 0 Å². The Hall–Kier alpha value is -2.69. The molecule has 0 aliphatic carbocycles. The van der Waals surface area contributed by atoms with Crippen LogP contribution in [0.15, 0.2) is 30.3 Å². The molecule has 2 aromatic rings. The summed E-state index contributed by atoms with van der Waals surface area (Å²) in [6.45, 7) is 5.76. The molecular weight excluding hydrogens is 328 g/mol. The second kappa shape index (κ2) is 7.68. The third-order valence-corrected chi connectivity index (χ3v) is 5.11. The van der Waals surface area contributed by atoms with Crippen molar-refractivity contribution < 1.29 is 14.3 Å². The molecule has 1 N–H and O–H groups in total. The van der Waals surface area contributed by atoms with E-state index in [-0.39, 0.29) is 5.91 Å². The molecule has 26 heavy (non-hydrogen) atoms. The number of nitrogens with zero attached hydrogens (tertiary/aromatic N) is 1. The SMILES string of the molecule is COc1cc2c(cc1OC)CN(C(=O)CNc1cccc(C)c1C)CC2. The van der Waals surface area contributed by atoms with Crippen molar-refractivity contribution in [2.45, 2.75) is 26.8 Å². The molecule has 0 radical (unpaired) electrons. The maximum Gasteiger partial charge on any atom is 0.242 e. The molecule has 5 nitrogen and oxygen atoms in total. The fraction of sp³-hybridized carbons (Fsp3) is 0.381. The zero-order valence-corrected chi connectivity index (χ0v) is 15.9. The van der Waals surface area contributed by atoms with Crippen molar-refractivity contribution in [3.8, 4) is 11.5 Å². The summed E-state index contributed by atoms with van der Waals surface area (Å²) in [7, 11) is 3.27. The van der Waals surface area contributed by atoms with Gasteiger partial charge in [-0.2, -0.15) is 0 Å². The lowest BCUT2D eigenvalue weighted by Gasteiger charge is -2.30. The number of nitrogens with one attached hydrogen (secondary N) is 1. The number of carbonyl (C=O) groups excluding carboxylic acids is 1. The fourth-order valence-electron chi connectivity index (χ4n) is 3.32. The van der Waals surface area contributed by atoms with Crippen LogP contribution < -0.4 is 14.8 Å². The first-order chi connectivity index (χ1) is 12.5. The van der Waals surface area contributed by atoms with Gasteiger partial charge in [0.25, 0.3) is 0 Å². The van der Waals surface area contributed by atoms with Gasteiger partial charge in [0, 0.05) is 18.8 Å². The van der Waals surface area contributed by atoms with E-state index in [0.717, 1.165) is 30.0 Å².